The largest absolute Gasteiger partial charge is 0.481 e. The van der Waals surface area contributed by atoms with Crippen LogP contribution in [0.2, 0.25) is 0 Å². The number of ether oxygens (including phenoxy) is 1. The van der Waals surface area contributed by atoms with Gasteiger partial charge in [-0.15, -0.1) is 0 Å². The maximum Gasteiger partial charge on any atom is 0.218 e. The van der Waals surface area contributed by atoms with E-state index < -0.39 is 0 Å². The van der Waals surface area contributed by atoms with Gasteiger partial charge in [0, 0.05) is 32.2 Å². The first-order chi connectivity index (χ1) is 12.2. The Morgan fingerprint density at radius 3 is 2.72 bits per heavy atom. The third kappa shape index (κ3) is 3.04. The SMILES string of the molecule is COc1cc(NC2CCN(c3ncnc4c3cnn4C)CC2)ncn1. The molecule has 4 heterocycles. The van der Waals surface area contributed by atoms with Crippen LogP contribution in [0.4, 0.5) is 11.6 Å². The van der Waals surface area contributed by atoms with Gasteiger partial charge in [0.15, 0.2) is 5.65 Å². The van der Waals surface area contributed by atoms with Gasteiger partial charge in [0.05, 0.1) is 18.7 Å². The van der Waals surface area contributed by atoms with E-state index in [0.29, 0.717) is 11.9 Å². The van der Waals surface area contributed by atoms with Crippen molar-refractivity contribution in [3.8, 4) is 5.88 Å². The average Bonchev–Trinajstić information content (AvgIpc) is 3.04. The van der Waals surface area contributed by atoms with Crippen molar-refractivity contribution >= 4 is 22.7 Å². The Balaban J connectivity index is 1.44. The molecule has 0 spiro atoms. The Bertz CT molecular complexity index is 871. The zero-order chi connectivity index (χ0) is 17.2. The molecular weight excluding hydrogens is 320 g/mol. The molecule has 130 valence electrons. The molecular formula is C16H20N8O. The molecule has 0 aliphatic carbocycles. The number of nitrogens with one attached hydrogen (secondary N) is 1. The van der Waals surface area contributed by atoms with Crippen molar-refractivity contribution < 1.29 is 4.74 Å². The van der Waals surface area contributed by atoms with Crippen LogP contribution in [0.15, 0.2) is 24.9 Å². The van der Waals surface area contributed by atoms with Crippen molar-refractivity contribution in [1.29, 1.82) is 0 Å². The number of nitrogens with zero attached hydrogens (tertiary/aromatic N) is 7. The quantitative estimate of drug-likeness (QED) is 0.758. The van der Waals surface area contributed by atoms with Crippen LogP contribution in [0.3, 0.4) is 0 Å². The standard InChI is InChI=1S/C16H20N8O/c1-23-15-12(8-21-23)16(20-10-19-15)24-5-3-11(4-6-24)22-13-7-14(25-2)18-9-17-13/h7-11H,3-6H2,1-2H3,(H,17,18,22). The van der Waals surface area contributed by atoms with Crippen molar-refractivity contribution in [2.45, 2.75) is 18.9 Å². The molecule has 0 bridgehead atoms. The van der Waals surface area contributed by atoms with Gasteiger partial charge in [0.1, 0.15) is 24.3 Å². The summed E-state index contributed by atoms with van der Waals surface area (Å²) in [5, 5.41) is 8.75. The molecule has 3 aromatic heterocycles. The van der Waals surface area contributed by atoms with Gasteiger partial charge in [0.2, 0.25) is 5.88 Å². The molecule has 0 radical (unpaired) electrons. The van der Waals surface area contributed by atoms with E-state index in [-0.39, 0.29) is 0 Å². The van der Waals surface area contributed by atoms with Crippen LogP contribution in [-0.2, 0) is 7.05 Å². The summed E-state index contributed by atoms with van der Waals surface area (Å²) in [5.41, 5.74) is 0.860. The lowest BCUT2D eigenvalue weighted by atomic mass is 10.0. The number of rotatable bonds is 4. The molecule has 0 atom stereocenters. The highest BCUT2D eigenvalue weighted by Crippen LogP contribution is 2.26. The van der Waals surface area contributed by atoms with Crippen molar-refractivity contribution in [3.05, 3.63) is 24.9 Å². The first-order valence-electron chi connectivity index (χ1n) is 8.25. The molecule has 9 heteroatoms. The Hall–Kier alpha value is -2.97. The molecule has 4 rings (SSSR count). The van der Waals surface area contributed by atoms with Crippen LogP contribution in [-0.4, -0.2) is 56.0 Å². The van der Waals surface area contributed by atoms with Gasteiger partial charge >= 0.3 is 0 Å². The second kappa shape index (κ2) is 6.50. The Morgan fingerprint density at radius 1 is 1.12 bits per heavy atom. The van der Waals surface area contributed by atoms with Crippen molar-refractivity contribution in [1.82, 2.24) is 29.7 Å². The van der Waals surface area contributed by atoms with E-state index in [1.165, 1.54) is 6.33 Å². The summed E-state index contributed by atoms with van der Waals surface area (Å²) in [4.78, 5) is 19.4. The van der Waals surface area contributed by atoms with Gasteiger partial charge in [-0.2, -0.15) is 5.10 Å². The van der Waals surface area contributed by atoms with Gasteiger partial charge < -0.3 is 15.0 Å². The molecule has 0 aromatic carbocycles. The summed E-state index contributed by atoms with van der Waals surface area (Å²) in [6.45, 7) is 1.84. The first kappa shape index (κ1) is 15.6. The van der Waals surface area contributed by atoms with E-state index in [4.69, 9.17) is 4.74 Å². The molecule has 9 nitrogen and oxygen atoms in total. The van der Waals surface area contributed by atoms with Crippen molar-refractivity contribution in [2.24, 2.45) is 7.05 Å². The molecule has 1 saturated heterocycles. The third-order valence-electron chi connectivity index (χ3n) is 4.51. The minimum Gasteiger partial charge on any atom is -0.481 e. The van der Waals surface area contributed by atoms with Gasteiger partial charge in [-0.25, -0.2) is 19.9 Å². The lowest BCUT2D eigenvalue weighted by Crippen LogP contribution is -2.39. The summed E-state index contributed by atoms with van der Waals surface area (Å²) < 4.78 is 6.92. The zero-order valence-electron chi connectivity index (χ0n) is 14.3. The lowest BCUT2D eigenvalue weighted by Gasteiger charge is -2.33. The molecule has 1 fully saturated rings. The highest BCUT2D eigenvalue weighted by molar-refractivity contribution is 5.86. The minimum atomic E-state index is 0.363. The monoisotopic (exact) mass is 340 g/mol. The molecule has 0 amide bonds. The van der Waals surface area contributed by atoms with Gasteiger partial charge in [0.25, 0.3) is 0 Å². The number of hydrogen-bond acceptors (Lipinski definition) is 8. The van der Waals surface area contributed by atoms with Crippen LogP contribution < -0.4 is 15.0 Å². The van der Waals surface area contributed by atoms with Gasteiger partial charge in [-0.1, -0.05) is 0 Å². The van der Waals surface area contributed by atoms with E-state index in [2.05, 4.69) is 35.3 Å². The van der Waals surface area contributed by atoms with Crippen molar-refractivity contribution in [2.75, 3.05) is 30.4 Å². The smallest absolute Gasteiger partial charge is 0.218 e. The fourth-order valence-corrected chi connectivity index (χ4v) is 3.18. The molecule has 25 heavy (non-hydrogen) atoms. The van der Waals surface area contributed by atoms with E-state index >= 15 is 0 Å². The van der Waals surface area contributed by atoms with Crippen LogP contribution >= 0.6 is 0 Å². The van der Waals surface area contributed by atoms with Crippen LogP contribution in [0, 0.1) is 0 Å². The minimum absolute atomic E-state index is 0.363. The second-order valence-corrected chi connectivity index (χ2v) is 6.05. The first-order valence-corrected chi connectivity index (χ1v) is 8.25. The zero-order valence-corrected chi connectivity index (χ0v) is 14.3. The molecule has 0 saturated carbocycles. The van der Waals surface area contributed by atoms with E-state index in [0.717, 1.165) is 48.6 Å². The van der Waals surface area contributed by atoms with Crippen molar-refractivity contribution in [3.63, 3.8) is 0 Å². The summed E-state index contributed by atoms with van der Waals surface area (Å²) in [6, 6.07) is 2.18. The summed E-state index contributed by atoms with van der Waals surface area (Å²) >= 11 is 0. The molecule has 3 aromatic rings. The van der Waals surface area contributed by atoms with Crippen LogP contribution in [0.25, 0.3) is 11.0 Å². The van der Waals surface area contributed by atoms with Crippen LogP contribution in [0.1, 0.15) is 12.8 Å². The van der Waals surface area contributed by atoms with Gasteiger partial charge in [-0.05, 0) is 12.8 Å². The predicted octanol–water partition coefficient (Wildman–Crippen LogP) is 1.24. The maximum absolute atomic E-state index is 5.14. The summed E-state index contributed by atoms with van der Waals surface area (Å²) in [6.07, 6.45) is 6.95. The molecule has 1 aliphatic heterocycles. The normalized spacial score (nSPS) is 15.5. The number of methoxy groups -OCH3 is 1. The third-order valence-corrected chi connectivity index (χ3v) is 4.51. The summed E-state index contributed by atoms with van der Waals surface area (Å²) in [5.74, 6) is 2.32. The lowest BCUT2D eigenvalue weighted by molar-refractivity contribution is 0.397. The number of hydrogen-bond donors (Lipinski definition) is 1. The van der Waals surface area contributed by atoms with Crippen LogP contribution in [0.5, 0.6) is 5.88 Å². The van der Waals surface area contributed by atoms with E-state index in [1.807, 2.05) is 19.3 Å². The summed E-state index contributed by atoms with van der Waals surface area (Å²) in [7, 11) is 3.50. The predicted molar refractivity (Wildman–Crippen MR) is 93.7 cm³/mol. The number of aryl methyl sites for hydroxylation is 1. The fraction of sp³-hybridized carbons (Fsp3) is 0.438. The highest BCUT2D eigenvalue weighted by Gasteiger charge is 2.22. The Labute approximate surface area is 145 Å². The fourth-order valence-electron chi connectivity index (χ4n) is 3.18. The highest BCUT2D eigenvalue weighted by atomic mass is 16.5. The number of anilines is 2. The number of aromatic nitrogens is 6. The Morgan fingerprint density at radius 2 is 1.92 bits per heavy atom. The topological polar surface area (TPSA) is 93.9 Å². The second-order valence-electron chi connectivity index (χ2n) is 6.05. The van der Waals surface area contributed by atoms with Gasteiger partial charge in [-0.3, -0.25) is 4.68 Å². The maximum atomic E-state index is 5.14. The molecule has 1 N–H and O–H groups in total. The molecule has 1 aliphatic rings. The number of fused-ring (bicyclic) bond motifs is 1. The molecule has 0 unspecified atom stereocenters. The van der Waals surface area contributed by atoms with E-state index in [9.17, 15) is 0 Å². The van der Waals surface area contributed by atoms with E-state index in [1.54, 1.807) is 18.1 Å². The number of piperidine rings is 1. The Kier molecular flexibility index (Phi) is 4.04. The average molecular weight is 340 g/mol.